The van der Waals surface area contributed by atoms with E-state index in [0.717, 1.165) is 57.7 Å². The summed E-state index contributed by atoms with van der Waals surface area (Å²) < 4.78 is 6.15. The van der Waals surface area contributed by atoms with Crippen LogP contribution in [0.5, 0.6) is 5.75 Å². The van der Waals surface area contributed by atoms with Crippen LogP contribution >= 0.6 is 0 Å². The van der Waals surface area contributed by atoms with Crippen molar-refractivity contribution in [1.29, 1.82) is 0 Å². The number of benzene rings is 2. The van der Waals surface area contributed by atoms with E-state index in [-0.39, 0.29) is 5.92 Å². The first-order chi connectivity index (χ1) is 15.6. The molecule has 0 atom stereocenters. The maximum Gasteiger partial charge on any atom is 0.226 e. The summed E-state index contributed by atoms with van der Waals surface area (Å²) in [5.74, 6) is 2.36. The Morgan fingerprint density at radius 3 is 2.62 bits per heavy atom. The number of H-pyrrole nitrogens is 1. The molecular weight excluding hydrogens is 398 g/mol. The summed E-state index contributed by atoms with van der Waals surface area (Å²) in [6, 6.07) is 10.7. The molecule has 168 valence electrons. The summed E-state index contributed by atoms with van der Waals surface area (Å²) in [6.07, 6.45) is 8.26. The van der Waals surface area contributed by atoms with Crippen LogP contribution in [0, 0.1) is 19.8 Å². The largest absolute Gasteiger partial charge is 0.491 e. The van der Waals surface area contributed by atoms with Crippen LogP contribution in [-0.4, -0.2) is 33.9 Å². The molecule has 0 bridgehead atoms. The number of imidazole rings is 1. The molecule has 1 fully saturated rings. The SMILES string of the molecule is Cc1nc2ccc(-c3cc(C)c4c(c3)CN(C(=O)C3CCCCCCC3)CCO4)cc2[nH]1. The van der Waals surface area contributed by atoms with E-state index in [1.807, 2.05) is 11.8 Å². The monoisotopic (exact) mass is 431 g/mol. The molecule has 5 rings (SSSR count). The number of rotatable bonds is 2. The Labute approximate surface area is 190 Å². The van der Waals surface area contributed by atoms with Gasteiger partial charge in [-0.25, -0.2) is 4.98 Å². The van der Waals surface area contributed by atoms with Gasteiger partial charge in [-0.2, -0.15) is 0 Å². The Bertz CT molecular complexity index is 1130. The van der Waals surface area contributed by atoms with Crippen LogP contribution in [0.2, 0.25) is 0 Å². The molecule has 0 radical (unpaired) electrons. The Morgan fingerprint density at radius 2 is 1.81 bits per heavy atom. The highest BCUT2D eigenvalue weighted by molar-refractivity contribution is 5.83. The predicted octanol–water partition coefficient (Wildman–Crippen LogP) is 5.93. The van der Waals surface area contributed by atoms with Crippen LogP contribution < -0.4 is 4.74 Å². The van der Waals surface area contributed by atoms with Crippen LogP contribution in [-0.2, 0) is 11.3 Å². The number of hydrogen-bond acceptors (Lipinski definition) is 3. The van der Waals surface area contributed by atoms with Gasteiger partial charge in [0.1, 0.15) is 18.2 Å². The Morgan fingerprint density at radius 1 is 1.03 bits per heavy atom. The Balaban J connectivity index is 1.43. The second-order valence-corrected chi connectivity index (χ2v) is 9.49. The maximum atomic E-state index is 13.4. The van der Waals surface area contributed by atoms with Gasteiger partial charge in [0, 0.05) is 18.0 Å². The van der Waals surface area contributed by atoms with E-state index in [9.17, 15) is 4.79 Å². The quantitative estimate of drug-likeness (QED) is 0.547. The number of carbonyl (C=O) groups excluding carboxylic acids is 1. The van der Waals surface area contributed by atoms with E-state index in [2.05, 4.69) is 47.2 Å². The van der Waals surface area contributed by atoms with Gasteiger partial charge in [0.2, 0.25) is 5.91 Å². The van der Waals surface area contributed by atoms with E-state index in [1.54, 1.807) is 0 Å². The molecule has 3 aromatic rings. The van der Waals surface area contributed by atoms with Gasteiger partial charge in [-0.15, -0.1) is 0 Å². The standard InChI is InChI=1S/C27H33N3O2/c1-18-14-22(21-10-11-24-25(16-21)29-19(2)28-24)15-23-17-30(12-13-32-26(18)23)27(31)20-8-6-4-3-5-7-9-20/h10-11,14-16,20H,3-9,12-13,17H2,1-2H3,(H,28,29). The zero-order chi connectivity index (χ0) is 22.1. The van der Waals surface area contributed by atoms with E-state index in [1.165, 1.54) is 32.1 Å². The van der Waals surface area contributed by atoms with Crippen LogP contribution in [0.4, 0.5) is 0 Å². The number of aromatic nitrogens is 2. The topological polar surface area (TPSA) is 58.2 Å². The third-order valence-electron chi connectivity index (χ3n) is 7.02. The summed E-state index contributed by atoms with van der Waals surface area (Å²) in [5.41, 5.74) is 6.56. The van der Waals surface area contributed by atoms with Gasteiger partial charge < -0.3 is 14.6 Å². The van der Waals surface area contributed by atoms with Crippen LogP contribution in [0.25, 0.3) is 22.2 Å². The lowest BCUT2D eigenvalue weighted by Crippen LogP contribution is -2.37. The van der Waals surface area contributed by atoms with Crippen molar-refractivity contribution in [2.24, 2.45) is 5.92 Å². The van der Waals surface area contributed by atoms with Crippen molar-refractivity contribution in [1.82, 2.24) is 14.9 Å². The fraction of sp³-hybridized carbons (Fsp3) is 0.481. The molecule has 0 unspecified atom stereocenters. The minimum atomic E-state index is 0.173. The molecular formula is C27H33N3O2. The number of aryl methyl sites for hydroxylation is 2. The van der Waals surface area contributed by atoms with E-state index < -0.39 is 0 Å². The summed E-state index contributed by atoms with van der Waals surface area (Å²) in [7, 11) is 0. The van der Waals surface area contributed by atoms with Gasteiger partial charge in [0.25, 0.3) is 0 Å². The molecule has 2 heterocycles. The van der Waals surface area contributed by atoms with Crippen LogP contribution in [0.3, 0.4) is 0 Å². The molecule has 1 aliphatic heterocycles. The Kier molecular flexibility index (Phi) is 5.90. The van der Waals surface area contributed by atoms with Gasteiger partial charge in [-0.1, -0.05) is 38.2 Å². The lowest BCUT2D eigenvalue weighted by molar-refractivity contribution is -0.137. The number of carbonyl (C=O) groups is 1. The van der Waals surface area contributed by atoms with Crippen molar-refractivity contribution in [2.45, 2.75) is 65.3 Å². The summed E-state index contributed by atoms with van der Waals surface area (Å²) >= 11 is 0. The van der Waals surface area contributed by atoms with Crippen LogP contribution in [0.1, 0.15) is 61.9 Å². The molecule has 2 aromatic carbocycles. The van der Waals surface area contributed by atoms with E-state index in [0.29, 0.717) is 25.6 Å². The summed E-state index contributed by atoms with van der Waals surface area (Å²) in [5, 5.41) is 0. The molecule has 1 amide bonds. The zero-order valence-corrected chi connectivity index (χ0v) is 19.2. The number of fused-ring (bicyclic) bond motifs is 2. The molecule has 0 saturated heterocycles. The molecule has 2 aliphatic rings. The number of hydrogen-bond donors (Lipinski definition) is 1. The number of ether oxygens (including phenoxy) is 1. The second kappa shape index (κ2) is 8.97. The minimum absolute atomic E-state index is 0.173. The number of aromatic amines is 1. The van der Waals surface area contributed by atoms with Crippen molar-refractivity contribution in [3.05, 3.63) is 47.3 Å². The van der Waals surface area contributed by atoms with Gasteiger partial charge >= 0.3 is 0 Å². The smallest absolute Gasteiger partial charge is 0.226 e. The number of nitrogens with one attached hydrogen (secondary N) is 1. The lowest BCUT2D eigenvalue weighted by Gasteiger charge is -2.27. The fourth-order valence-electron chi connectivity index (χ4n) is 5.35. The molecule has 1 aliphatic carbocycles. The number of amides is 1. The van der Waals surface area contributed by atoms with Gasteiger partial charge in [0.05, 0.1) is 17.6 Å². The maximum absolute atomic E-state index is 13.4. The lowest BCUT2D eigenvalue weighted by atomic mass is 9.90. The molecule has 1 aromatic heterocycles. The fourth-order valence-corrected chi connectivity index (χ4v) is 5.35. The number of nitrogens with zero attached hydrogens (tertiary/aromatic N) is 2. The third-order valence-corrected chi connectivity index (χ3v) is 7.02. The first-order valence-electron chi connectivity index (χ1n) is 12.1. The normalized spacial score (nSPS) is 17.9. The van der Waals surface area contributed by atoms with Crippen molar-refractivity contribution in [3.63, 3.8) is 0 Å². The van der Waals surface area contributed by atoms with E-state index >= 15 is 0 Å². The van der Waals surface area contributed by atoms with Crippen molar-refractivity contribution in [3.8, 4) is 16.9 Å². The highest BCUT2D eigenvalue weighted by Gasteiger charge is 2.27. The summed E-state index contributed by atoms with van der Waals surface area (Å²) in [6.45, 7) is 5.94. The average Bonchev–Trinajstić information content (AvgIpc) is 2.98. The Hall–Kier alpha value is -2.82. The van der Waals surface area contributed by atoms with E-state index in [4.69, 9.17) is 4.74 Å². The predicted molar refractivity (Wildman–Crippen MR) is 128 cm³/mol. The highest BCUT2D eigenvalue weighted by Crippen LogP contribution is 2.34. The first kappa shape index (κ1) is 21.0. The van der Waals surface area contributed by atoms with Crippen LogP contribution in [0.15, 0.2) is 30.3 Å². The molecule has 1 saturated carbocycles. The van der Waals surface area contributed by atoms with Crippen molar-refractivity contribution < 1.29 is 9.53 Å². The third kappa shape index (κ3) is 4.25. The molecule has 32 heavy (non-hydrogen) atoms. The zero-order valence-electron chi connectivity index (χ0n) is 19.2. The van der Waals surface area contributed by atoms with Gasteiger partial charge in [0.15, 0.2) is 0 Å². The average molecular weight is 432 g/mol. The van der Waals surface area contributed by atoms with Crippen molar-refractivity contribution in [2.75, 3.05) is 13.2 Å². The molecule has 5 nitrogen and oxygen atoms in total. The van der Waals surface area contributed by atoms with Gasteiger partial charge in [-0.3, -0.25) is 4.79 Å². The molecule has 1 N–H and O–H groups in total. The summed E-state index contributed by atoms with van der Waals surface area (Å²) in [4.78, 5) is 23.3. The van der Waals surface area contributed by atoms with Crippen molar-refractivity contribution >= 4 is 16.9 Å². The minimum Gasteiger partial charge on any atom is -0.491 e. The first-order valence-corrected chi connectivity index (χ1v) is 12.1. The molecule has 0 spiro atoms. The molecule has 5 heteroatoms. The van der Waals surface area contributed by atoms with Gasteiger partial charge in [-0.05, 0) is 67.6 Å². The second-order valence-electron chi connectivity index (χ2n) is 9.49. The highest BCUT2D eigenvalue weighted by atomic mass is 16.5.